The van der Waals surface area contributed by atoms with E-state index in [9.17, 15) is 9.59 Å². The Bertz CT molecular complexity index is 525. The summed E-state index contributed by atoms with van der Waals surface area (Å²) in [6, 6.07) is 4.39. The lowest BCUT2D eigenvalue weighted by Crippen LogP contribution is -2.21. The van der Waals surface area contributed by atoms with Gasteiger partial charge in [0.1, 0.15) is 5.75 Å². The van der Waals surface area contributed by atoms with Gasteiger partial charge in [-0.15, -0.1) is 0 Å². The summed E-state index contributed by atoms with van der Waals surface area (Å²) in [6.45, 7) is 1.42. The van der Waals surface area contributed by atoms with E-state index in [4.69, 9.17) is 25.2 Å². The fraction of sp³-hybridized carbons (Fsp3) is 0.333. The lowest BCUT2D eigenvalue weighted by atomic mass is 10.1. The van der Waals surface area contributed by atoms with Gasteiger partial charge in [-0.2, -0.15) is 0 Å². The first-order valence-corrected chi connectivity index (χ1v) is 6.71. The van der Waals surface area contributed by atoms with Crippen molar-refractivity contribution < 1.29 is 34.8 Å². The fourth-order valence-corrected chi connectivity index (χ4v) is 1.44. The van der Waals surface area contributed by atoms with E-state index < -0.39 is 11.9 Å². The van der Waals surface area contributed by atoms with Gasteiger partial charge in [0, 0.05) is 19.2 Å². The Morgan fingerprint density at radius 1 is 1.17 bits per heavy atom. The highest BCUT2D eigenvalue weighted by molar-refractivity contribution is 5.94. The van der Waals surface area contributed by atoms with Crippen LogP contribution in [0.3, 0.4) is 0 Å². The van der Waals surface area contributed by atoms with Crippen molar-refractivity contribution in [3.05, 3.63) is 35.4 Å². The number of hydrogen-bond donors (Lipinski definition) is 5. The molecule has 23 heavy (non-hydrogen) atoms. The molecule has 0 unspecified atom stereocenters. The van der Waals surface area contributed by atoms with Crippen molar-refractivity contribution in [3.63, 3.8) is 0 Å². The van der Waals surface area contributed by atoms with Gasteiger partial charge in [-0.25, -0.2) is 9.59 Å². The molecule has 0 bridgehead atoms. The quantitative estimate of drug-likeness (QED) is 0.334. The maximum absolute atomic E-state index is 10.9. The van der Waals surface area contributed by atoms with Gasteiger partial charge < -0.3 is 30.5 Å². The third-order valence-corrected chi connectivity index (χ3v) is 2.47. The number of rotatable bonds is 8. The van der Waals surface area contributed by atoms with E-state index >= 15 is 0 Å². The van der Waals surface area contributed by atoms with E-state index in [2.05, 4.69) is 5.32 Å². The summed E-state index contributed by atoms with van der Waals surface area (Å²) in [7, 11) is 1.42. The lowest BCUT2D eigenvalue weighted by molar-refractivity contribution is -0.131. The molecule has 0 aromatic heterocycles. The zero-order valence-electron chi connectivity index (χ0n) is 12.7. The molecule has 0 saturated heterocycles. The number of aliphatic hydroxyl groups excluding tert-OH is 2. The SMILES string of the molecule is COc1ccc(C=CC(=O)O)c(C(=O)O)c1.OCCNCCO. The smallest absolute Gasteiger partial charge is 0.336 e. The van der Waals surface area contributed by atoms with Crippen LogP contribution in [0, 0.1) is 0 Å². The molecular formula is C15H21NO7. The maximum atomic E-state index is 10.9. The van der Waals surface area contributed by atoms with E-state index in [0.29, 0.717) is 24.4 Å². The lowest BCUT2D eigenvalue weighted by Gasteiger charge is -2.04. The molecule has 0 aliphatic heterocycles. The van der Waals surface area contributed by atoms with Gasteiger partial charge in [-0.05, 0) is 23.8 Å². The largest absolute Gasteiger partial charge is 0.497 e. The number of aromatic carboxylic acids is 1. The van der Waals surface area contributed by atoms with E-state index in [0.717, 1.165) is 6.08 Å². The minimum absolute atomic E-state index is 0.00292. The van der Waals surface area contributed by atoms with Gasteiger partial charge in [-0.3, -0.25) is 0 Å². The van der Waals surface area contributed by atoms with Gasteiger partial charge in [0.15, 0.2) is 0 Å². The highest BCUT2D eigenvalue weighted by atomic mass is 16.5. The molecule has 1 aromatic carbocycles. The van der Waals surface area contributed by atoms with E-state index in [-0.39, 0.29) is 18.8 Å². The number of aliphatic hydroxyl groups is 2. The second-order valence-electron chi connectivity index (χ2n) is 4.13. The molecule has 8 heteroatoms. The van der Waals surface area contributed by atoms with Crippen molar-refractivity contribution in [2.75, 3.05) is 33.4 Å². The second-order valence-corrected chi connectivity index (χ2v) is 4.13. The minimum atomic E-state index is -1.14. The number of hydrogen-bond acceptors (Lipinski definition) is 6. The van der Waals surface area contributed by atoms with Crippen LogP contribution in [0.5, 0.6) is 5.75 Å². The third-order valence-electron chi connectivity index (χ3n) is 2.47. The average molecular weight is 327 g/mol. The monoisotopic (exact) mass is 327 g/mol. The first kappa shape index (κ1) is 20.6. The normalized spacial score (nSPS) is 10.0. The number of carboxylic acid groups (broad SMARTS) is 2. The predicted molar refractivity (Wildman–Crippen MR) is 83.7 cm³/mol. The highest BCUT2D eigenvalue weighted by Crippen LogP contribution is 2.18. The first-order chi connectivity index (χ1) is 11.0. The summed E-state index contributed by atoms with van der Waals surface area (Å²) in [5.74, 6) is -1.86. The summed E-state index contributed by atoms with van der Waals surface area (Å²) in [4.78, 5) is 21.2. The molecule has 128 valence electrons. The Kier molecular flexibility index (Phi) is 10.9. The molecule has 0 aliphatic rings. The average Bonchev–Trinajstić information content (AvgIpc) is 2.53. The Balaban J connectivity index is 0.000000585. The van der Waals surface area contributed by atoms with Crippen LogP contribution in [0.1, 0.15) is 15.9 Å². The Labute approximate surface area is 133 Å². The molecule has 0 radical (unpaired) electrons. The molecule has 0 spiro atoms. The minimum Gasteiger partial charge on any atom is -0.497 e. The molecule has 0 heterocycles. The number of methoxy groups -OCH3 is 1. The fourth-order valence-electron chi connectivity index (χ4n) is 1.44. The van der Waals surface area contributed by atoms with E-state index in [1.165, 1.54) is 25.3 Å². The van der Waals surface area contributed by atoms with Crippen LogP contribution in [0.4, 0.5) is 0 Å². The number of benzene rings is 1. The van der Waals surface area contributed by atoms with Crippen LogP contribution >= 0.6 is 0 Å². The second kappa shape index (κ2) is 12.2. The molecule has 0 aliphatic carbocycles. The molecule has 0 amide bonds. The van der Waals surface area contributed by atoms with Gasteiger partial charge >= 0.3 is 11.9 Å². The molecular weight excluding hydrogens is 306 g/mol. The molecule has 8 nitrogen and oxygen atoms in total. The van der Waals surface area contributed by atoms with Crippen molar-refractivity contribution in [2.45, 2.75) is 0 Å². The molecule has 5 N–H and O–H groups in total. The predicted octanol–water partition coefficient (Wildman–Crippen LogP) is 0.0518. The Morgan fingerprint density at radius 3 is 2.22 bits per heavy atom. The van der Waals surface area contributed by atoms with Crippen molar-refractivity contribution in [2.24, 2.45) is 0 Å². The number of carboxylic acids is 2. The van der Waals surface area contributed by atoms with Crippen LogP contribution in [-0.4, -0.2) is 65.8 Å². The molecule has 0 fully saturated rings. The summed E-state index contributed by atoms with van der Waals surface area (Å²) in [5.41, 5.74) is 0.313. The molecule has 0 saturated carbocycles. The van der Waals surface area contributed by atoms with Crippen LogP contribution < -0.4 is 10.1 Å². The van der Waals surface area contributed by atoms with E-state index in [1.807, 2.05) is 0 Å². The van der Waals surface area contributed by atoms with Crippen LogP contribution in [0.15, 0.2) is 24.3 Å². The van der Waals surface area contributed by atoms with Crippen molar-refractivity contribution in [3.8, 4) is 5.75 Å². The Hall–Kier alpha value is -2.42. The van der Waals surface area contributed by atoms with E-state index in [1.54, 1.807) is 6.07 Å². The molecule has 1 rings (SSSR count). The molecule has 0 atom stereocenters. The summed E-state index contributed by atoms with van der Waals surface area (Å²) < 4.78 is 4.88. The first-order valence-electron chi connectivity index (χ1n) is 6.71. The standard InChI is InChI=1S/C11H10O5.C4H11NO2/c1-16-8-4-2-7(3-5-10(12)13)9(6-8)11(14)15;6-3-1-5-2-4-7/h2-6H,1H3,(H,12,13)(H,14,15);5-7H,1-4H2. The van der Waals surface area contributed by atoms with Crippen molar-refractivity contribution in [1.29, 1.82) is 0 Å². The van der Waals surface area contributed by atoms with Crippen LogP contribution in [0.25, 0.3) is 6.08 Å². The highest BCUT2D eigenvalue weighted by Gasteiger charge is 2.09. The Morgan fingerprint density at radius 2 is 1.78 bits per heavy atom. The van der Waals surface area contributed by atoms with Gasteiger partial charge in [-0.1, -0.05) is 6.07 Å². The topological polar surface area (TPSA) is 136 Å². The number of nitrogens with one attached hydrogen (secondary N) is 1. The van der Waals surface area contributed by atoms with Crippen molar-refractivity contribution >= 4 is 18.0 Å². The van der Waals surface area contributed by atoms with Gasteiger partial charge in [0.25, 0.3) is 0 Å². The summed E-state index contributed by atoms with van der Waals surface area (Å²) in [6.07, 6.45) is 2.11. The molecule has 1 aromatic rings. The number of ether oxygens (including phenoxy) is 1. The summed E-state index contributed by atoms with van der Waals surface area (Å²) >= 11 is 0. The number of carbonyl (C=O) groups is 2. The van der Waals surface area contributed by atoms with Crippen molar-refractivity contribution in [1.82, 2.24) is 5.32 Å². The zero-order valence-corrected chi connectivity index (χ0v) is 12.7. The maximum Gasteiger partial charge on any atom is 0.336 e. The van der Waals surface area contributed by atoms with Crippen LogP contribution in [-0.2, 0) is 4.79 Å². The van der Waals surface area contributed by atoms with Crippen LogP contribution in [0.2, 0.25) is 0 Å². The summed E-state index contributed by atoms with van der Waals surface area (Å²) in [5, 5.41) is 36.4. The zero-order chi connectivity index (χ0) is 17.7. The third kappa shape index (κ3) is 9.25. The number of aliphatic carboxylic acids is 1. The van der Waals surface area contributed by atoms with Gasteiger partial charge in [0.2, 0.25) is 0 Å². The van der Waals surface area contributed by atoms with Gasteiger partial charge in [0.05, 0.1) is 25.9 Å².